The van der Waals surface area contributed by atoms with Gasteiger partial charge in [-0.15, -0.1) is 10.2 Å². The van der Waals surface area contributed by atoms with E-state index in [0.717, 1.165) is 11.3 Å². The fraction of sp³-hybridized carbons (Fsp3) is 0.167. The van der Waals surface area contributed by atoms with Gasteiger partial charge in [0.1, 0.15) is 17.8 Å². The van der Waals surface area contributed by atoms with Gasteiger partial charge in [0.15, 0.2) is 18.3 Å². The van der Waals surface area contributed by atoms with E-state index < -0.39 is 0 Å². The number of nitrogens with one attached hydrogen (secondary N) is 3. The van der Waals surface area contributed by atoms with Crippen LogP contribution in [-0.4, -0.2) is 43.2 Å². The number of aromatic nitrogens is 5. The van der Waals surface area contributed by atoms with E-state index in [0.29, 0.717) is 40.9 Å². The Morgan fingerprint density at radius 3 is 2.89 bits per heavy atom. The molecule has 0 radical (unpaired) electrons. The highest BCUT2D eigenvalue weighted by Crippen LogP contribution is 2.31. The number of amides is 2. The van der Waals surface area contributed by atoms with Gasteiger partial charge in [0, 0.05) is 31.0 Å². The lowest BCUT2D eigenvalue weighted by Crippen LogP contribution is -2.28. The Kier molecular flexibility index (Phi) is 6.03. The number of nitrogens with zero attached hydrogens (tertiary/aromatic N) is 5. The largest absolute Gasteiger partial charge is 0.482 e. The molecule has 3 heterocycles. The van der Waals surface area contributed by atoms with Crippen molar-refractivity contribution in [2.24, 2.45) is 7.05 Å². The predicted molar refractivity (Wildman–Crippen MR) is 128 cm³/mol. The molecule has 1 aliphatic rings. The first-order valence-corrected chi connectivity index (χ1v) is 10.9. The van der Waals surface area contributed by atoms with Crippen LogP contribution in [0.15, 0.2) is 61.1 Å². The number of rotatable bonds is 7. The fourth-order valence-electron chi connectivity index (χ4n) is 3.70. The number of anilines is 2. The van der Waals surface area contributed by atoms with Crippen LogP contribution >= 0.6 is 0 Å². The molecular formula is C24H22N8O3. The van der Waals surface area contributed by atoms with Gasteiger partial charge in [-0.3, -0.25) is 9.59 Å². The van der Waals surface area contributed by atoms with E-state index in [4.69, 9.17) is 4.74 Å². The molecule has 2 aromatic heterocycles. The zero-order valence-corrected chi connectivity index (χ0v) is 18.9. The van der Waals surface area contributed by atoms with Crippen molar-refractivity contribution in [2.45, 2.75) is 13.1 Å². The molecule has 0 fully saturated rings. The molecule has 0 unspecified atom stereocenters. The van der Waals surface area contributed by atoms with Crippen molar-refractivity contribution in [3.8, 4) is 17.3 Å². The maximum absolute atomic E-state index is 12.8. The minimum Gasteiger partial charge on any atom is -0.482 e. The number of carbonyl (C=O) groups is 2. The molecule has 4 aromatic rings. The third-order valence-corrected chi connectivity index (χ3v) is 5.53. The van der Waals surface area contributed by atoms with Crippen LogP contribution in [0.1, 0.15) is 21.7 Å². The van der Waals surface area contributed by atoms with Crippen molar-refractivity contribution >= 4 is 23.2 Å². The lowest BCUT2D eigenvalue weighted by atomic mass is 10.1. The average Bonchev–Trinajstić information content (AvgIpc) is 3.26. The second kappa shape index (κ2) is 9.59. The molecule has 3 N–H and O–H groups in total. The summed E-state index contributed by atoms with van der Waals surface area (Å²) in [6.07, 6.45) is 3.12. The highest BCUT2D eigenvalue weighted by atomic mass is 16.5. The van der Waals surface area contributed by atoms with Crippen LogP contribution in [-0.2, 0) is 24.9 Å². The summed E-state index contributed by atoms with van der Waals surface area (Å²) in [7, 11) is 1.87. The van der Waals surface area contributed by atoms with Crippen molar-refractivity contribution < 1.29 is 14.3 Å². The van der Waals surface area contributed by atoms with Crippen LogP contribution in [0.3, 0.4) is 0 Å². The number of hydrogen-bond acceptors (Lipinski definition) is 8. The molecule has 35 heavy (non-hydrogen) atoms. The second-order valence-electron chi connectivity index (χ2n) is 7.84. The Balaban J connectivity index is 1.23. The van der Waals surface area contributed by atoms with E-state index in [1.807, 2.05) is 29.8 Å². The van der Waals surface area contributed by atoms with Gasteiger partial charge in [0.25, 0.3) is 11.8 Å². The number of benzene rings is 2. The average molecular weight is 470 g/mol. The molecular weight excluding hydrogens is 448 g/mol. The predicted octanol–water partition coefficient (Wildman–Crippen LogP) is 2.15. The van der Waals surface area contributed by atoms with E-state index in [1.165, 1.54) is 6.33 Å². The monoisotopic (exact) mass is 470 g/mol. The summed E-state index contributed by atoms with van der Waals surface area (Å²) in [5.41, 5.74) is 3.30. The zero-order valence-electron chi connectivity index (χ0n) is 18.9. The van der Waals surface area contributed by atoms with Crippen molar-refractivity contribution in [3.63, 3.8) is 0 Å². The molecule has 0 atom stereocenters. The first-order chi connectivity index (χ1) is 17.1. The summed E-state index contributed by atoms with van der Waals surface area (Å²) in [6.45, 7) is 0.641. The Labute approximate surface area is 200 Å². The number of para-hydroxylation sites is 1. The minimum atomic E-state index is -0.237. The van der Waals surface area contributed by atoms with Crippen LogP contribution in [0.5, 0.6) is 5.75 Å². The summed E-state index contributed by atoms with van der Waals surface area (Å²) < 4.78 is 7.29. The molecule has 11 nitrogen and oxygen atoms in total. The smallest absolute Gasteiger partial charge is 0.262 e. The van der Waals surface area contributed by atoms with Crippen LogP contribution in [0, 0.1) is 0 Å². The maximum Gasteiger partial charge on any atom is 0.262 e. The summed E-state index contributed by atoms with van der Waals surface area (Å²) in [5, 5.41) is 17.4. The van der Waals surface area contributed by atoms with Gasteiger partial charge in [-0.05, 0) is 35.9 Å². The van der Waals surface area contributed by atoms with Gasteiger partial charge < -0.3 is 25.3 Å². The number of ether oxygens (including phenoxy) is 1. The molecule has 11 heteroatoms. The Morgan fingerprint density at radius 1 is 1.14 bits per heavy atom. The highest BCUT2D eigenvalue weighted by molar-refractivity contribution is 5.97. The molecule has 5 rings (SSSR count). The van der Waals surface area contributed by atoms with Gasteiger partial charge in [-0.2, -0.15) is 0 Å². The summed E-state index contributed by atoms with van der Waals surface area (Å²) in [5.74, 6) is 1.49. The highest BCUT2D eigenvalue weighted by Gasteiger charge is 2.19. The van der Waals surface area contributed by atoms with Gasteiger partial charge in [-0.1, -0.05) is 18.2 Å². The molecule has 0 bridgehead atoms. The fourth-order valence-corrected chi connectivity index (χ4v) is 3.70. The third-order valence-electron chi connectivity index (χ3n) is 5.53. The molecule has 2 aromatic carbocycles. The van der Waals surface area contributed by atoms with Gasteiger partial charge in [0.05, 0.1) is 12.2 Å². The normalized spacial score (nSPS) is 12.3. The number of hydrogen-bond donors (Lipinski definition) is 3. The van der Waals surface area contributed by atoms with Crippen molar-refractivity contribution in [3.05, 3.63) is 78.0 Å². The quantitative estimate of drug-likeness (QED) is 0.374. The van der Waals surface area contributed by atoms with Crippen LogP contribution < -0.4 is 20.7 Å². The molecule has 1 aliphatic heterocycles. The van der Waals surface area contributed by atoms with Gasteiger partial charge in [0.2, 0.25) is 0 Å². The summed E-state index contributed by atoms with van der Waals surface area (Å²) >= 11 is 0. The Bertz CT molecular complexity index is 1390. The minimum absolute atomic E-state index is 0.0150. The standard InChI is InChI=1S/C24H22N8O3/c1-32-20(30-31-23(32)18-8-9-25-14-28-18)12-26-17-6-2-4-15(10-17)24(34)27-11-16-5-3-7-19-22(16)29-21(33)13-35-19/h2-10,14,26H,11-13H2,1H3,(H,27,34)(H,29,33). The Hall–Kier alpha value is -4.80. The van der Waals surface area contributed by atoms with Crippen LogP contribution in [0.4, 0.5) is 11.4 Å². The topological polar surface area (TPSA) is 136 Å². The van der Waals surface area contributed by atoms with Crippen LogP contribution in [0.2, 0.25) is 0 Å². The number of fused-ring (bicyclic) bond motifs is 1. The third kappa shape index (κ3) is 4.78. The van der Waals surface area contributed by atoms with Gasteiger partial charge >= 0.3 is 0 Å². The second-order valence-corrected chi connectivity index (χ2v) is 7.84. The maximum atomic E-state index is 12.8. The van der Waals surface area contributed by atoms with Crippen LogP contribution in [0.25, 0.3) is 11.5 Å². The van der Waals surface area contributed by atoms with E-state index in [1.54, 1.807) is 36.5 Å². The lowest BCUT2D eigenvalue weighted by molar-refractivity contribution is -0.118. The molecule has 0 aliphatic carbocycles. The van der Waals surface area contributed by atoms with E-state index >= 15 is 0 Å². The van der Waals surface area contributed by atoms with Crippen molar-refractivity contribution in [2.75, 3.05) is 17.2 Å². The molecule has 0 spiro atoms. The molecule has 176 valence electrons. The molecule has 2 amide bonds. The number of carbonyl (C=O) groups excluding carboxylic acids is 2. The first-order valence-electron chi connectivity index (χ1n) is 10.9. The SMILES string of the molecule is Cn1c(CNc2cccc(C(=O)NCc3cccc4c3NC(=O)CO4)c2)nnc1-c1ccncn1. The van der Waals surface area contributed by atoms with E-state index in [9.17, 15) is 9.59 Å². The summed E-state index contributed by atoms with van der Waals surface area (Å²) in [6, 6.07) is 14.4. The van der Waals surface area contributed by atoms with Crippen molar-refractivity contribution in [1.29, 1.82) is 0 Å². The molecule has 0 saturated heterocycles. The first kappa shape index (κ1) is 22.0. The van der Waals surface area contributed by atoms with E-state index in [-0.39, 0.29) is 25.0 Å². The zero-order chi connectivity index (χ0) is 24.2. The van der Waals surface area contributed by atoms with Crippen molar-refractivity contribution in [1.82, 2.24) is 30.0 Å². The lowest BCUT2D eigenvalue weighted by Gasteiger charge is -2.20. The van der Waals surface area contributed by atoms with Gasteiger partial charge in [-0.25, -0.2) is 9.97 Å². The Morgan fingerprint density at radius 2 is 2.03 bits per heavy atom. The summed E-state index contributed by atoms with van der Waals surface area (Å²) in [4.78, 5) is 32.6. The molecule has 0 saturated carbocycles. The van der Waals surface area contributed by atoms with E-state index in [2.05, 4.69) is 36.1 Å².